The molecule has 0 spiro atoms. The minimum Gasteiger partial charge on any atom is -0.395 e. The molecule has 2 heterocycles. The molecular formula is C9H14N6O. The van der Waals surface area contributed by atoms with Crippen molar-refractivity contribution in [2.24, 2.45) is 0 Å². The second-order valence-corrected chi connectivity index (χ2v) is 3.53. The van der Waals surface area contributed by atoms with E-state index in [1.54, 1.807) is 0 Å². The van der Waals surface area contributed by atoms with Gasteiger partial charge in [0.05, 0.1) is 6.61 Å². The normalized spacial score (nSPS) is 10.7. The Labute approximate surface area is 92.5 Å². The van der Waals surface area contributed by atoms with Gasteiger partial charge >= 0.3 is 0 Å². The number of aliphatic hydroxyl groups excluding tert-OH is 1. The lowest BCUT2D eigenvalue weighted by Crippen LogP contribution is -2.11. The zero-order valence-electron chi connectivity index (χ0n) is 9.23. The Hall–Kier alpha value is -1.89. The van der Waals surface area contributed by atoms with Crippen LogP contribution in [-0.4, -0.2) is 52.3 Å². The van der Waals surface area contributed by atoms with Gasteiger partial charge in [-0.1, -0.05) is 0 Å². The third kappa shape index (κ3) is 1.89. The van der Waals surface area contributed by atoms with Crippen LogP contribution in [0.3, 0.4) is 0 Å². The van der Waals surface area contributed by atoms with Crippen LogP contribution < -0.4 is 10.2 Å². The molecule has 0 aliphatic rings. The maximum absolute atomic E-state index is 8.70. The smallest absolute Gasteiger partial charge is 0.202 e. The lowest BCUT2D eigenvalue weighted by Gasteiger charge is -2.10. The van der Waals surface area contributed by atoms with Gasteiger partial charge < -0.3 is 20.3 Å². The Bertz CT molecular complexity index is 480. The average Bonchev–Trinajstić information content (AvgIpc) is 2.68. The van der Waals surface area contributed by atoms with Crippen LogP contribution in [0.25, 0.3) is 11.2 Å². The summed E-state index contributed by atoms with van der Waals surface area (Å²) < 4.78 is 0. The SMILES string of the molecule is CN(C)c1ncnc2nc(NCCO)[nH]c12. The highest BCUT2D eigenvalue weighted by Crippen LogP contribution is 2.20. The molecule has 0 bridgehead atoms. The molecule has 0 aliphatic heterocycles. The molecule has 2 rings (SSSR count). The number of imidazole rings is 1. The highest BCUT2D eigenvalue weighted by Gasteiger charge is 2.10. The van der Waals surface area contributed by atoms with E-state index in [0.717, 1.165) is 11.3 Å². The maximum Gasteiger partial charge on any atom is 0.202 e. The minimum atomic E-state index is 0.0588. The third-order valence-corrected chi connectivity index (χ3v) is 2.10. The van der Waals surface area contributed by atoms with E-state index in [1.165, 1.54) is 6.33 Å². The first kappa shape index (κ1) is 10.6. The topological polar surface area (TPSA) is 90.0 Å². The molecule has 0 radical (unpaired) electrons. The van der Waals surface area contributed by atoms with Crippen LogP contribution in [0, 0.1) is 0 Å². The van der Waals surface area contributed by atoms with E-state index in [9.17, 15) is 0 Å². The first-order valence-electron chi connectivity index (χ1n) is 4.95. The molecular weight excluding hydrogens is 208 g/mol. The summed E-state index contributed by atoms with van der Waals surface area (Å²) in [6.45, 7) is 0.508. The van der Waals surface area contributed by atoms with E-state index < -0.39 is 0 Å². The fraction of sp³-hybridized carbons (Fsp3) is 0.444. The first-order valence-corrected chi connectivity index (χ1v) is 4.95. The Morgan fingerprint density at radius 2 is 2.25 bits per heavy atom. The van der Waals surface area contributed by atoms with Gasteiger partial charge in [0.25, 0.3) is 0 Å². The molecule has 0 aromatic carbocycles. The second-order valence-electron chi connectivity index (χ2n) is 3.53. The van der Waals surface area contributed by atoms with E-state index in [4.69, 9.17) is 5.11 Å². The van der Waals surface area contributed by atoms with Crippen LogP contribution in [0.4, 0.5) is 11.8 Å². The standard InChI is InChI=1S/C9H14N6O/c1-15(2)8-6-7(11-5-12-8)14-9(13-6)10-3-4-16/h5,16H,3-4H2,1-2H3,(H2,10,11,12,13,14). The van der Waals surface area contributed by atoms with Gasteiger partial charge in [-0.15, -0.1) is 0 Å². The van der Waals surface area contributed by atoms with Crippen LogP contribution in [0.15, 0.2) is 6.33 Å². The Morgan fingerprint density at radius 1 is 1.44 bits per heavy atom. The molecule has 7 nitrogen and oxygen atoms in total. The van der Waals surface area contributed by atoms with Crippen molar-refractivity contribution in [1.82, 2.24) is 19.9 Å². The largest absolute Gasteiger partial charge is 0.395 e. The van der Waals surface area contributed by atoms with Crippen LogP contribution >= 0.6 is 0 Å². The first-order chi connectivity index (χ1) is 7.72. The summed E-state index contributed by atoms with van der Waals surface area (Å²) >= 11 is 0. The molecule has 0 amide bonds. The Morgan fingerprint density at radius 3 is 2.94 bits per heavy atom. The molecule has 2 aromatic rings. The van der Waals surface area contributed by atoms with Crippen molar-refractivity contribution in [2.45, 2.75) is 0 Å². The lowest BCUT2D eigenvalue weighted by molar-refractivity contribution is 0.311. The lowest BCUT2D eigenvalue weighted by atomic mass is 10.5. The fourth-order valence-corrected chi connectivity index (χ4v) is 1.41. The quantitative estimate of drug-likeness (QED) is 0.665. The number of nitrogens with one attached hydrogen (secondary N) is 2. The number of H-pyrrole nitrogens is 1. The number of aliphatic hydroxyl groups is 1. The number of aromatic amines is 1. The number of hydrogen-bond acceptors (Lipinski definition) is 6. The fourth-order valence-electron chi connectivity index (χ4n) is 1.41. The van der Waals surface area contributed by atoms with Gasteiger partial charge in [-0.3, -0.25) is 0 Å². The number of fused-ring (bicyclic) bond motifs is 1. The average molecular weight is 222 g/mol. The predicted octanol–water partition coefficient (Wildman–Crippen LogP) is -0.177. The molecule has 0 unspecified atom stereocenters. The highest BCUT2D eigenvalue weighted by molar-refractivity contribution is 5.84. The van der Waals surface area contributed by atoms with Crippen molar-refractivity contribution in [2.75, 3.05) is 37.5 Å². The minimum absolute atomic E-state index is 0.0588. The summed E-state index contributed by atoms with van der Waals surface area (Å²) in [7, 11) is 3.81. The van der Waals surface area contributed by atoms with Crippen LogP contribution in [0.5, 0.6) is 0 Å². The molecule has 0 saturated carbocycles. The zero-order chi connectivity index (χ0) is 11.5. The van der Waals surface area contributed by atoms with Gasteiger partial charge in [0.1, 0.15) is 11.8 Å². The number of aromatic nitrogens is 4. The van der Waals surface area contributed by atoms with E-state index in [1.807, 2.05) is 19.0 Å². The van der Waals surface area contributed by atoms with E-state index >= 15 is 0 Å². The number of nitrogens with zero attached hydrogens (tertiary/aromatic N) is 4. The molecule has 86 valence electrons. The number of anilines is 2. The molecule has 7 heteroatoms. The number of rotatable bonds is 4. The second kappa shape index (κ2) is 4.31. The third-order valence-electron chi connectivity index (χ3n) is 2.10. The molecule has 0 saturated heterocycles. The van der Waals surface area contributed by atoms with E-state index in [0.29, 0.717) is 18.1 Å². The van der Waals surface area contributed by atoms with E-state index in [2.05, 4.69) is 25.3 Å². The zero-order valence-corrected chi connectivity index (χ0v) is 9.23. The molecule has 0 aliphatic carbocycles. The highest BCUT2D eigenvalue weighted by atomic mass is 16.3. The molecule has 3 N–H and O–H groups in total. The van der Waals surface area contributed by atoms with Gasteiger partial charge in [0.15, 0.2) is 11.5 Å². The molecule has 0 atom stereocenters. The Kier molecular flexibility index (Phi) is 2.86. The summed E-state index contributed by atoms with van der Waals surface area (Å²) in [4.78, 5) is 17.4. The van der Waals surface area contributed by atoms with E-state index in [-0.39, 0.29) is 6.61 Å². The van der Waals surface area contributed by atoms with Crippen molar-refractivity contribution in [3.8, 4) is 0 Å². The molecule has 0 fully saturated rings. The van der Waals surface area contributed by atoms with Gasteiger partial charge in [-0.05, 0) is 0 Å². The molecule has 16 heavy (non-hydrogen) atoms. The summed E-state index contributed by atoms with van der Waals surface area (Å²) in [5, 5.41) is 11.7. The Balaban J connectivity index is 2.40. The number of hydrogen-bond donors (Lipinski definition) is 3. The van der Waals surface area contributed by atoms with Gasteiger partial charge in [-0.25, -0.2) is 9.97 Å². The van der Waals surface area contributed by atoms with Crippen molar-refractivity contribution in [1.29, 1.82) is 0 Å². The monoisotopic (exact) mass is 222 g/mol. The van der Waals surface area contributed by atoms with Gasteiger partial charge in [0, 0.05) is 20.6 Å². The maximum atomic E-state index is 8.70. The van der Waals surface area contributed by atoms with Crippen LogP contribution in [0.2, 0.25) is 0 Å². The summed E-state index contributed by atoms with van der Waals surface area (Å²) in [6.07, 6.45) is 1.48. The van der Waals surface area contributed by atoms with Gasteiger partial charge in [-0.2, -0.15) is 4.98 Å². The van der Waals surface area contributed by atoms with Crippen molar-refractivity contribution in [3.63, 3.8) is 0 Å². The summed E-state index contributed by atoms with van der Waals surface area (Å²) in [6, 6.07) is 0. The van der Waals surface area contributed by atoms with Crippen LogP contribution in [-0.2, 0) is 0 Å². The summed E-state index contributed by atoms with van der Waals surface area (Å²) in [5.74, 6) is 1.38. The summed E-state index contributed by atoms with van der Waals surface area (Å²) in [5.41, 5.74) is 1.40. The van der Waals surface area contributed by atoms with Crippen LogP contribution in [0.1, 0.15) is 0 Å². The predicted molar refractivity (Wildman–Crippen MR) is 61.6 cm³/mol. The van der Waals surface area contributed by atoms with Crippen molar-refractivity contribution in [3.05, 3.63) is 6.33 Å². The van der Waals surface area contributed by atoms with Crippen molar-refractivity contribution >= 4 is 22.9 Å². The van der Waals surface area contributed by atoms with Gasteiger partial charge in [0.2, 0.25) is 5.95 Å². The van der Waals surface area contributed by atoms with Crippen molar-refractivity contribution < 1.29 is 5.11 Å². The molecule has 2 aromatic heterocycles.